The van der Waals surface area contributed by atoms with E-state index in [0.717, 1.165) is 107 Å². The van der Waals surface area contributed by atoms with Gasteiger partial charge in [0.2, 0.25) is 19.7 Å². The van der Waals surface area contributed by atoms with Crippen LogP contribution < -0.4 is 43.8 Å². The van der Waals surface area contributed by atoms with E-state index in [0.29, 0.717) is 82.0 Å². The average Bonchev–Trinajstić information content (AvgIpc) is 1.59. The fourth-order valence-electron chi connectivity index (χ4n) is 14.4. The van der Waals surface area contributed by atoms with Gasteiger partial charge >= 0.3 is 59.6 Å². The normalized spacial score (nSPS) is 14.8. The minimum atomic E-state index is -4.91. The quantitative estimate of drug-likeness (QED) is 0.0397. The summed E-state index contributed by atoms with van der Waals surface area (Å²) >= 11 is 0. The molecule has 0 radical (unpaired) electrons. The molecule has 4 aliphatic rings. The van der Waals surface area contributed by atoms with Gasteiger partial charge in [0.15, 0.2) is 5.03 Å². The number of carbonyl (C=O) groups excluding carboxylic acids is 5. The third-order valence-corrected chi connectivity index (χ3v) is 24.4. The molecule has 11 aromatic rings. The second kappa shape index (κ2) is 43.0. The molecule has 8 heterocycles. The first-order valence-electron chi connectivity index (χ1n) is 42.8. The molecule has 0 spiro atoms. The summed E-state index contributed by atoms with van der Waals surface area (Å²) in [6, 6.07) is 44.9. The molecule has 4 fully saturated rings. The van der Waals surface area contributed by atoms with E-state index in [1.54, 1.807) is 64.4 Å². The van der Waals surface area contributed by atoms with Crippen LogP contribution in [0.4, 0.5) is 63.8 Å². The maximum absolute atomic E-state index is 14.6. The van der Waals surface area contributed by atoms with Gasteiger partial charge in [-0.05, 0) is 213 Å². The van der Waals surface area contributed by atoms with Crippen molar-refractivity contribution < 1.29 is 109 Å². The number of amides is 3. The van der Waals surface area contributed by atoms with Crippen molar-refractivity contribution in [2.75, 3.05) is 124 Å². The predicted molar refractivity (Wildman–Crippen MR) is 498 cm³/mol. The molecule has 15 rings (SSSR count). The van der Waals surface area contributed by atoms with E-state index in [4.69, 9.17) is 23.7 Å². The molecular formula is C95H119F4LiN12O16S3. The topological polar surface area (TPSA) is 310 Å². The smallest absolute Gasteiger partial charge is 0.444 e. The Bertz CT molecular complexity index is 6180. The van der Waals surface area contributed by atoms with Crippen LogP contribution in [0.1, 0.15) is 125 Å². The van der Waals surface area contributed by atoms with Gasteiger partial charge in [-0.15, -0.1) is 3.89 Å². The monoisotopic (exact) mass is 1860 g/mol. The van der Waals surface area contributed by atoms with Crippen LogP contribution in [0.2, 0.25) is 0 Å². The molecular weight excluding hydrogens is 1740 g/mol. The molecule has 4 saturated heterocycles. The number of piperazine rings is 4. The molecule has 7 aromatic carbocycles. The number of rotatable bonds is 9. The van der Waals surface area contributed by atoms with E-state index >= 15 is 0 Å². The number of hydrogen-bond donors (Lipinski definition) is 3. The Hall–Kier alpha value is -11.2. The number of hydrogen-bond acceptors (Lipinski definition) is 21. The molecule has 3 N–H and O–H groups in total. The largest absolute Gasteiger partial charge is 1.00 e. The third-order valence-electron chi connectivity index (χ3n) is 20.0. The van der Waals surface area contributed by atoms with Gasteiger partial charge in [0, 0.05) is 172 Å². The SMILES string of the molecule is CC(C)(C)OC(=O)N1CCN(c2cccc3[nH]ccc23)CC1.CC(C)(C)OC(=O)N1CCN(c2cccc3c2cc(S(=O)(=O)c2ccccc2F)n3C(=O)OC(C)(C)C)CC1.CC(C)(C)OC(=O)N1CCN(c2cccc3c2ccn3C(=O)OC(C)(C)C)CC1.C[C-](C)C.O=S(=O)(F)c1ccccc1F.O=S(=O)(c1cc2c(N3CCNCC3)cccc2[nH]1)c1ccccc1F.[Li+]. The fraction of sp³-hybridized carbons (Fsp3) is 0.411. The van der Waals surface area contributed by atoms with Crippen molar-refractivity contribution in [3.8, 4) is 0 Å². The van der Waals surface area contributed by atoms with Crippen LogP contribution in [0, 0.1) is 23.4 Å². The molecule has 702 valence electrons. The van der Waals surface area contributed by atoms with Gasteiger partial charge in [-0.1, -0.05) is 60.7 Å². The summed E-state index contributed by atoms with van der Waals surface area (Å²) in [5.41, 5.74) is 3.95. The number of benzene rings is 7. The van der Waals surface area contributed by atoms with Gasteiger partial charge in [-0.2, -0.15) is 29.2 Å². The average molecular weight is 1860 g/mol. The first-order chi connectivity index (χ1) is 60.8. The van der Waals surface area contributed by atoms with Crippen molar-refractivity contribution in [2.45, 2.75) is 177 Å². The van der Waals surface area contributed by atoms with E-state index in [9.17, 15) is 66.3 Å². The zero-order valence-corrected chi connectivity index (χ0v) is 80.4. The molecule has 4 aromatic heterocycles. The molecule has 3 amide bonds. The number of fused-ring (bicyclic) bond motifs is 4. The number of ether oxygens (including phenoxy) is 5. The second-order valence-electron chi connectivity index (χ2n) is 36.8. The van der Waals surface area contributed by atoms with Crippen LogP contribution in [0.25, 0.3) is 43.6 Å². The van der Waals surface area contributed by atoms with Crippen LogP contribution in [-0.2, 0) is 53.6 Å². The molecule has 4 aliphatic heterocycles. The summed E-state index contributed by atoms with van der Waals surface area (Å²) in [6.45, 7) is 44.4. The van der Waals surface area contributed by atoms with Gasteiger partial charge in [0.05, 0.1) is 11.0 Å². The van der Waals surface area contributed by atoms with Crippen molar-refractivity contribution in [3.63, 3.8) is 0 Å². The Morgan fingerprint density at radius 2 is 0.718 bits per heavy atom. The van der Waals surface area contributed by atoms with Crippen molar-refractivity contribution in [1.29, 1.82) is 0 Å². The summed E-state index contributed by atoms with van der Waals surface area (Å²) in [6.07, 6.45) is 1.55. The first kappa shape index (κ1) is 103. The number of sulfone groups is 2. The van der Waals surface area contributed by atoms with Crippen molar-refractivity contribution in [3.05, 3.63) is 206 Å². The van der Waals surface area contributed by atoms with E-state index < -0.39 is 102 Å². The summed E-state index contributed by atoms with van der Waals surface area (Å²) in [4.78, 5) is 81.2. The number of nitrogens with one attached hydrogen (secondary N) is 3. The number of aromatic amines is 2. The molecule has 28 nitrogen and oxygen atoms in total. The molecule has 0 unspecified atom stereocenters. The van der Waals surface area contributed by atoms with Gasteiger partial charge < -0.3 is 79.2 Å². The Morgan fingerprint density at radius 3 is 1.13 bits per heavy atom. The number of anilines is 4. The minimum absolute atomic E-state index is 0. The molecule has 0 saturated carbocycles. The van der Waals surface area contributed by atoms with E-state index in [-0.39, 0.29) is 47.1 Å². The van der Waals surface area contributed by atoms with Crippen LogP contribution in [0.15, 0.2) is 207 Å². The van der Waals surface area contributed by atoms with Crippen molar-refractivity contribution >= 4 is 127 Å². The zero-order valence-electron chi connectivity index (χ0n) is 77.9. The standard InChI is InChI=1S/C28H34FN3O6S.C22H31N3O4.C18H18FN3O2S.C17H23N3O2.C6H4F2O2S.C4H9.Li/c1-27(2,3)37-25(33)31-16-14-30(15-17-31)21-11-9-12-22-19(21)18-24(32(22)26(34)38-28(4,5)6)39(35,36)23-13-8-7-10-20(23)29;1-21(2,3)28-19(26)24-14-12-23(13-15-24)17-8-7-9-18-16(17)10-11-25(18)20(27)29-22(4,5)6;19-14-4-1-2-7-17(14)25(23,24)18-12-13-15(21-18)5-3-6-16(13)22-10-8-20-9-11-22;1-17(2,3)22-16(21)20-11-9-19(10-12-20)15-6-4-5-14-13(15)7-8-18-14;7-5-3-1-2-4-6(5)11(8,9)10;1-4(2)3;/h7-13,18H,14-17H2,1-6H3;7-11H,12-15H2,1-6H3;1-7,12,20-21H,8-11H2;4-8,18H,9-12H2,1-3H3;1-4H;1-3H3;/q;;;;;-1;+1. The molecule has 0 aliphatic carbocycles. The van der Waals surface area contributed by atoms with E-state index in [2.05, 4.69) is 75.0 Å². The van der Waals surface area contributed by atoms with E-state index in [1.165, 1.54) is 71.6 Å². The number of aromatic nitrogens is 4. The van der Waals surface area contributed by atoms with Crippen LogP contribution in [0.5, 0.6) is 0 Å². The summed E-state index contributed by atoms with van der Waals surface area (Å²) in [7, 11) is -13.3. The van der Waals surface area contributed by atoms with Crippen LogP contribution in [-0.4, -0.2) is 222 Å². The van der Waals surface area contributed by atoms with Gasteiger partial charge in [0.1, 0.15) is 65.2 Å². The molecule has 0 atom stereocenters. The zero-order chi connectivity index (χ0) is 95.4. The van der Waals surface area contributed by atoms with Crippen molar-refractivity contribution in [2.24, 2.45) is 0 Å². The first-order valence-corrected chi connectivity index (χ1v) is 47.1. The van der Waals surface area contributed by atoms with Gasteiger partial charge in [-0.3, -0.25) is 4.57 Å². The predicted octanol–water partition coefficient (Wildman–Crippen LogP) is 15.8. The fourth-order valence-corrected chi connectivity index (χ4v) is 17.8. The summed E-state index contributed by atoms with van der Waals surface area (Å²) in [5.74, 6) is -1.32. The Balaban J connectivity index is 0.000000189. The van der Waals surface area contributed by atoms with Crippen molar-refractivity contribution in [1.82, 2.24) is 39.1 Å². The summed E-state index contributed by atoms with van der Waals surface area (Å²) < 4.78 is 157. The number of halogens is 4. The van der Waals surface area contributed by atoms with Gasteiger partial charge in [0.25, 0.3) is 0 Å². The molecule has 131 heavy (non-hydrogen) atoms. The number of nitrogens with zero attached hydrogens (tertiary/aromatic N) is 9. The minimum Gasteiger partial charge on any atom is -0.444 e. The summed E-state index contributed by atoms with van der Waals surface area (Å²) in [5, 5.41) is 6.46. The van der Waals surface area contributed by atoms with Crippen LogP contribution in [0.3, 0.4) is 0 Å². The second-order valence-corrected chi connectivity index (χ2v) is 41.9. The van der Waals surface area contributed by atoms with Gasteiger partial charge in [-0.25, -0.2) is 58.5 Å². The van der Waals surface area contributed by atoms with E-state index in [1.807, 2.05) is 143 Å². The number of carbonyl (C=O) groups is 5. The molecule has 0 bridgehead atoms. The number of H-pyrrole nitrogens is 2. The third kappa shape index (κ3) is 27.7. The maximum atomic E-state index is 14.6. The molecule has 36 heteroatoms. The Morgan fingerprint density at radius 1 is 0.366 bits per heavy atom. The maximum Gasteiger partial charge on any atom is 1.00 e. The Labute approximate surface area is 777 Å². The Kier molecular flexibility index (Phi) is 34.0. The van der Waals surface area contributed by atoms with Crippen LogP contribution >= 0.6 is 0 Å².